The zero-order valence-corrected chi connectivity index (χ0v) is 15.7. The quantitative estimate of drug-likeness (QED) is 0.509. The van der Waals surface area contributed by atoms with Gasteiger partial charge in [0.25, 0.3) is 0 Å². The molecule has 0 saturated heterocycles. The predicted molar refractivity (Wildman–Crippen MR) is 113 cm³/mol. The number of amides is 1. The number of nitrogens with zero attached hydrogens (tertiary/aromatic N) is 2. The molecule has 140 valence electrons. The normalized spacial score (nSPS) is 10.9. The number of carbonyl (C=O) groups excluding carboxylic acids is 1. The van der Waals surface area contributed by atoms with Crippen LogP contribution in [-0.4, -0.2) is 15.7 Å². The Bertz CT molecular complexity index is 1060. The van der Waals surface area contributed by atoms with E-state index >= 15 is 0 Å². The second-order valence-electron chi connectivity index (χ2n) is 6.82. The molecule has 1 aromatic heterocycles. The van der Waals surface area contributed by atoms with Crippen molar-refractivity contribution >= 4 is 16.8 Å². The summed E-state index contributed by atoms with van der Waals surface area (Å²) in [6, 6.07) is 28.5. The van der Waals surface area contributed by atoms with Gasteiger partial charge in [-0.3, -0.25) is 9.48 Å². The molecule has 28 heavy (non-hydrogen) atoms. The van der Waals surface area contributed by atoms with Gasteiger partial charge >= 0.3 is 0 Å². The highest BCUT2D eigenvalue weighted by molar-refractivity contribution is 5.93. The Morgan fingerprint density at radius 2 is 1.54 bits per heavy atom. The Morgan fingerprint density at radius 3 is 2.32 bits per heavy atom. The highest BCUT2D eigenvalue weighted by atomic mass is 16.1. The standard InChI is InChI=1S/C24H23N3O/c28-23(25-18-19-10-3-1-4-11-19)16-9-17-27-22-15-8-7-14-21(22)24(26-27)20-12-5-2-6-13-20/h1-8,10-15H,9,16-18H2,(H,25,28). The van der Waals surface area contributed by atoms with Crippen LogP contribution in [0.5, 0.6) is 0 Å². The highest BCUT2D eigenvalue weighted by Crippen LogP contribution is 2.27. The summed E-state index contributed by atoms with van der Waals surface area (Å²) < 4.78 is 2.02. The first-order chi connectivity index (χ1) is 13.8. The van der Waals surface area contributed by atoms with Gasteiger partial charge in [0.15, 0.2) is 0 Å². The fraction of sp³-hybridized carbons (Fsp3) is 0.167. The van der Waals surface area contributed by atoms with Crippen LogP contribution >= 0.6 is 0 Å². The number of hydrogen-bond acceptors (Lipinski definition) is 2. The molecule has 0 saturated carbocycles. The molecule has 1 heterocycles. The van der Waals surface area contributed by atoms with Crippen molar-refractivity contribution in [2.75, 3.05) is 0 Å². The topological polar surface area (TPSA) is 46.9 Å². The maximum absolute atomic E-state index is 12.2. The minimum atomic E-state index is 0.0728. The van der Waals surface area contributed by atoms with Crippen LogP contribution in [0.1, 0.15) is 18.4 Å². The van der Waals surface area contributed by atoms with Crippen LogP contribution in [0.25, 0.3) is 22.2 Å². The second kappa shape index (κ2) is 8.53. The van der Waals surface area contributed by atoms with Crippen molar-refractivity contribution in [3.05, 3.63) is 90.5 Å². The Kier molecular flexibility index (Phi) is 5.48. The van der Waals surface area contributed by atoms with Crippen LogP contribution in [0.4, 0.5) is 0 Å². The van der Waals surface area contributed by atoms with Crippen LogP contribution in [0, 0.1) is 0 Å². The number of para-hydroxylation sites is 1. The number of hydrogen-bond donors (Lipinski definition) is 1. The first-order valence-corrected chi connectivity index (χ1v) is 9.63. The van der Waals surface area contributed by atoms with E-state index in [-0.39, 0.29) is 5.91 Å². The highest BCUT2D eigenvalue weighted by Gasteiger charge is 2.12. The fourth-order valence-electron chi connectivity index (χ4n) is 3.38. The minimum absolute atomic E-state index is 0.0728. The molecule has 4 heteroatoms. The SMILES string of the molecule is O=C(CCCn1nc(-c2ccccc2)c2ccccc21)NCc1ccccc1. The summed E-state index contributed by atoms with van der Waals surface area (Å²) in [4.78, 5) is 12.2. The molecule has 4 rings (SSSR count). The number of fused-ring (bicyclic) bond motifs is 1. The van der Waals surface area contributed by atoms with E-state index in [1.54, 1.807) is 0 Å². The molecular weight excluding hydrogens is 346 g/mol. The lowest BCUT2D eigenvalue weighted by atomic mass is 10.1. The summed E-state index contributed by atoms with van der Waals surface area (Å²) >= 11 is 0. The second-order valence-corrected chi connectivity index (χ2v) is 6.82. The van der Waals surface area contributed by atoms with Crippen molar-refractivity contribution in [3.8, 4) is 11.3 Å². The van der Waals surface area contributed by atoms with Gasteiger partial charge in [0.1, 0.15) is 5.69 Å². The first kappa shape index (κ1) is 18.0. The summed E-state index contributed by atoms with van der Waals surface area (Å²) in [5.41, 5.74) is 4.32. The van der Waals surface area contributed by atoms with Gasteiger partial charge in [-0.15, -0.1) is 0 Å². The van der Waals surface area contributed by atoms with Gasteiger partial charge in [-0.2, -0.15) is 5.10 Å². The van der Waals surface area contributed by atoms with Crippen LogP contribution in [-0.2, 0) is 17.9 Å². The molecule has 0 aliphatic carbocycles. The van der Waals surface area contributed by atoms with Gasteiger partial charge in [0, 0.05) is 30.5 Å². The lowest BCUT2D eigenvalue weighted by Gasteiger charge is -2.06. The van der Waals surface area contributed by atoms with E-state index in [9.17, 15) is 4.79 Å². The zero-order valence-electron chi connectivity index (χ0n) is 15.7. The van der Waals surface area contributed by atoms with Crippen molar-refractivity contribution in [1.82, 2.24) is 15.1 Å². The van der Waals surface area contributed by atoms with Gasteiger partial charge in [-0.1, -0.05) is 78.9 Å². The van der Waals surface area contributed by atoms with Gasteiger partial charge in [-0.25, -0.2) is 0 Å². The van der Waals surface area contributed by atoms with E-state index in [2.05, 4.69) is 29.6 Å². The molecule has 4 aromatic rings. The molecule has 1 amide bonds. The number of carbonyl (C=O) groups is 1. The van der Waals surface area contributed by atoms with Crippen LogP contribution in [0.15, 0.2) is 84.9 Å². The Balaban J connectivity index is 1.40. The molecule has 0 bridgehead atoms. The molecular formula is C24H23N3O. The third-order valence-corrected chi connectivity index (χ3v) is 4.81. The lowest BCUT2D eigenvalue weighted by molar-refractivity contribution is -0.121. The number of aryl methyl sites for hydroxylation is 1. The number of aromatic nitrogens is 2. The van der Waals surface area contributed by atoms with E-state index in [1.807, 2.05) is 65.3 Å². The van der Waals surface area contributed by atoms with E-state index in [0.717, 1.165) is 34.1 Å². The van der Waals surface area contributed by atoms with Crippen molar-refractivity contribution < 1.29 is 4.79 Å². The van der Waals surface area contributed by atoms with Crippen LogP contribution < -0.4 is 5.32 Å². The van der Waals surface area contributed by atoms with Crippen molar-refractivity contribution in [2.24, 2.45) is 0 Å². The van der Waals surface area contributed by atoms with E-state index in [0.29, 0.717) is 19.5 Å². The molecule has 3 aromatic carbocycles. The van der Waals surface area contributed by atoms with Gasteiger partial charge in [-0.05, 0) is 18.1 Å². The number of nitrogens with one attached hydrogen (secondary N) is 1. The van der Waals surface area contributed by atoms with Gasteiger partial charge in [0.05, 0.1) is 5.52 Å². The Hall–Kier alpha value is -3.40. The minimum Gasteiger partial charge on any atom is -0.352 e. The number of rotatable bonds is 7. The predicted octanol–water partition coefficient (Wildman–Crippen LogP) is 4.80. The summed E-state index contributed by atoms with van der Waals surface area (Å²) in [7, 11) is 0. The van der Waals surface area contributed by atoms with Gasteiger partial charge < -0.3 is 5.32 Å². The largest absolute Gasteiger partial charge is 0.352 e. The maximum atomic E-state index is 12.2. The smallest absolute Gasteiger partial charge is 0.220 e. The number of benzene rings is 3. The first-order valence-electron chi connectivity index (χ1n) is 9.63. The van der Waals surface area contributed by atoms with Crippen molar-refractivity contribution in [3.63, 3.8) is 0 Å². The fourth-order valence-corrected chi connectivity index (χ4v) is 3.38. The summed E-state index contributed by atoms with van der Waals surface area (Å²) in [6.45, 7) is 1.29. The molecule has 1 N–H and O–H groups in total. The van der Waals surface area contributed by atoms with E-state index < -0.39 is 0 Å². The third kappa shape index (κ3) is 4.12. The molecule has 0 fully saturated rings. The average Bonchev–Trinajstić information content (AvgIpc) is 3.12. The molecule has 0 spiro atoms. The molecule has 0 aliphatic rings. The lowest BCUT2D eigenvalue weighted by Crippen LogP contribution is -2.22. The van der Waals surface area contributed by atoms with Gasteiger partial charge in [0.2, 0.25) is 5.91 Å². The Morgan fingerprint density at radius 1 is 0.857 bits per heavy atom. The summed E-state index contributed by atoms with van der Waals surface area (Å²) in [5, 5.41) is 8.96. The monoisotopic (exact) mass is 369 g/mol. The maximum Gasteiger partial charge on any atom is 0.220 e. The molecule has 0 unspecified atom stereocenters. The molecule has 4 nitrogen and oxygen atoms in total. The van der Waals surface area contributed by atoms with E-state index in [1.165, 1.54) is 0 Å². The average molecular weight is 369 g/mol. The molecule has 0 aliphatic heterocycles. The molecule has 0 atom stereocenters. The third-order valence-electron chi connectivity index (χ3n) is 4.81. The summed E-state index contributed by atoms with van der Waals surface area (Å²) in [6.07, 6.45) is 1.24. The summed E-state index contributed by atoms with van der Waals surface area (Å²) in [5.74, 6) is 0.0728. The van der Waals surface area contributed by atoms with Crippen molar-refractivity contribution in [1.29, 1.82) is 0 Å². The zero-order chi connectivity index (χ0) is 19.2. The van der Waals surface area contributed by atoms with Crippen LogP contribution in [0.2, 0.25) is 0 Å². The Labute approximate surface area is 164 Å². The molecule has 0 radical (unpaired) electrons. The van der Waals surface area contributed by atoms with Crippen LogP contribution in [0.3, 0.4) is 0 Å². The van der Waals surface area contributed by atoms with E-state index in [4.69, 9.17) is 5.10 Å². The van der Waals surface area contributed by atoms with Crippen molar-refractivity contribution in [2.45, 2.75) is 25.9 Å².